The molecule has 0 aromatic heterocycles. The molecule has 0 saturated carbocycles. The van der Waals surface area contributed by atoms with Crippen LogP contribution in [0, 0.1) is 11.3 Å². The predicted octanol–water partition coefficient (Wildman–Crippen LogP) is 3.10. The molecule has 0 spiro atoms. The summed E-state index contributed by atoms with van der Waals surface area (Å²) in [6.07, 6.45) is 0.347. The fourth-order valence-corrected chi connectivity index (χ4v) is 3.31. The van der Waals surface area contributed by atoms with E-state index in [0.29, 0.717) is 10.7 Å². The molecule has 3 amide bonds. The van der Waals surface area contributed by atoms with Crippen LogP contribution in [0.15, 0.2) is 48.5 Å². The van der Waals surface area contributed by atoms with Gasteiger partial charge in [-0.05, 0) is 36.4 Å². The highest BCUT2D eigenvalue weighted by molar-refractivity contribution is 6.31. The van der Waals surface area contributed by atoms with Crippen molar-refractivity contribution in [1.29, 1.82) is 5.26 Å². The van der Waals surface area contributed by atoms with E-state index in [-0.39, 0.29) is 48.9 Å². The van der Waals surface area contributed by atoms with Crippen molar-refractivity contribution in [2.45, 2.75) is 19.3 Å². The van der Waals surface area contributed by atoms with Gasteiger partial charge in [0.15, 0.2) is 6.61 Å². The molecule has 0 bridgehead atoms. The topological polar surface area (TPSA) is 108 Å². The molecule has 0 aliphatic carbocycles. The third-order valence-electron chi connectivity index (χ3n) is 4.59. The summed E-state index contributed by atoms with van der Waals surface area (Å²) < 4.78 is 5.14. The molecular weight excluding hydrogens is 422 g/mol. The number of carbonyl (C=O) groups excluding carboxylic acids is 4. The van der Waals surface area contributed by atoms with E-state index >= 15 is 0 Å². The van der Waals surface area contributed by atoms with Crippen LogP contribution in [0.25, 0.3) is 0 Å². The van der Waals surface area contributed by atoms with Crippen LogP contribution in [0.1, 0.15) is 29.6 Å². The summed E-state index contributed by atoms with van der Waals surface area (Å²) in [6.45, 7) is -0.440. The van der Waals surface area contributed by atoms with Gasteiger partial charge < -0.3 is 9.64 Å². The van der Waals surface area contributed by atoms with Crippen molar-refractivity contribution < 1.29 is 23.9 Å². The van der Waals surface area contributed by atoms with Gasteiger partial charge in [0.25, 0.3) is 5.91 Å². The first-order valence-corrected chi connectivity index (χ1v) is 9.84. The lowest BCUT2D eigenvalue weighted by Crippen LogP contribution is -2.35. The molecule has 0 N–H and O–H groups in total. The van der Waals surface area contributed by atoms with Crippen molar-refractivity contribution in [3.8, 4) is 6.07 Å². The maximum absolute atomic E-state index is 12.7. The number of imide groups is 1. The van der Waals surface area contributed by atoms with Crippen LogP contribution in [0.5, 0.6) is 0 Å². The summed E-state index contributed by atoms with van der Waals surface area (Å²) in [7, 11) is 0. The molecule has 9 heteroatoms. The second-order valence-corrected chi connectivity index (χ2v) is 7.12. The Labute approximate surface area is 183 Å². The number of carbonyl (C=O) groups is 4. The molecule has 1 aliphatic heterocycles. The minimum atomic E-state index is -0.777. The van der Waals surface area contributed by atoms with Crippen molar-refractivity contribution in [2.75, 3.05) is 23.0 Å². The monoisotopic (exact) mass is 439 g/mol. The Morgan fingerprint density at radius 1 is 1.10 bits per heavy atom. The number of halogens is 1. The van der Waals surface area contributed by atoms with Gasteiger partial charge in [-0.1, -0.05) is 23.7 Å². The normalized spacial score (nSPS) is 13.1. The van der Waals surface area contributed by atoms with Gasteiger partial charge in [0.2, 0.25) is 11.8 Å². The molecule has 0 radical (unpaired) electrons. The molecule has 2 aromatic rings. The van der Waals surface area contributed by atoms with E-state index < -0.39 is 18.5 Å². The number of hydrogen-bond acceptors (Lipinski definition) is 6. The van der Waals surface area contributed by atoms with Crippen LogP contribution in [-0.2, 0) is 19.1 Å². The van der Waals surface area contributed by atoms with Gasteiger partial charge in [-0.2, -0.15) is 5.26 Å². The second kappa shape index (κ2) is 9.87. The molecular formula is C22H18ClN3O5. The van der Waals surface area contributed by atoms with Crippen LogP contribution in [0.2, 0.25) is 5.02 Å². The van der Waals surface area contributed by atoms with Gasteiger partial charge in [0.1, 0.15) is 0 Å². The van der Waals surface area contributed by atoms with Gasteiger partial charge in [0, 0.05) is 30.1 Å². The van der Waals surface area contributed by atoms with E-state index in [1.807, 2.05) is 6.07 Å². The Kier molecular flexibility index (Phi) is 7.00. The number of benzene rings is 2. The maximum Gasteiger partial charge on any atom is 0.338 e. The highest BCUT2D eigenvalue weighted by Gasteiger charge is 2.30. The Morgan fingerprint density at radius 2 is 1.81 bits per heavy atom. The Hall–Kier alpha value is -3.70. The molecule has 0 atom stereocenters. The van der Waals surface area contributed by atoms with Crippen LogP contribution >= 0.6 is 11.6 Å². The lowest BCUT2D eigenvalue weighted by Gasteiger charge is -2.22. The predicted molar refractivity (Wildman–Crippen MR) is 112 cm³/mol. The molecule has 1 heterocycles. The van der Waals surface area contributed by atoms with E-state index in [9.17, 15) is 19.2 Å². The maximum atomic E-state index is 12.7. The Morgan fingerprint density at radius 3 is 2.48 bits per heavy atom. The number of nitriles is 1. The summed E-state index contributed by atoms with van der Waals surface area (Å²) in [5.41, 5.74) is 0.865. The van der Waals surface area contributed by atoms with E-state index in [2.05, 4.69) is 0 Å². The van der Waals surface area contributed by atoms with Crippen molar-refractivity contribution in [2.24, 2.45) is 0 Å². The molecule has 2 aromatic carbocycles. The average Bonchev–Trinajstić information content (AvgIpc) is 3.10. The van der Waals surface area contributed by atoms with Gasteiger partial charge >= 0.3 is 5.97 Å². The van der Waals surface area contributed by atoms with Gasteiger partial charge in [-0.15, -0.1) is 0 Å². The summed E-state index contributed by atoms with van der Waals surface area (Å²) in [4.78, 5) is 51.3. The summed E-state index contributed by atoms with van der Waals surface area (Å²) in [5.74, 6) is -1.96. The summed E-state index contributed by atoms with van der Waals surface area (Å²) >= 11 is 5.98. The molecule has 31 heavy (non-hydrogen) atoms. The van der Waals surface area contributed by atoms with E-state index in [1.165, 1.54) is 23.1 Å². The fraction of sp³-hybridized carbons (Fsp3) is 0.227. The van der Waals surface area contributed by atoms with Crippen molar-refractivity contribution in [3.63, 3.8) is 0 Å². The zero-order valence-electron chi connectivity index (χ0n) is 16.4. The van der Waals surface area contributed by atoms with Crippen LogP contribution in [0.3, 0.4) is 0 Å². The molecule has 3 rings (SSSR count). The Bertz CT molecular complexity index is 1060. The van der Waals surface area contributed by atoms with E-state index in [1.54, 1.807) is 30.3 Å². The van der Waals surface area contributed by atoms with Crippen molar-refractivity contribution in [1.82, 2.24) is 0 Å². The number of rotatable bonds is 7. The lowest BCUT2D eigenvalue weighted by molar-refractivity contribution is -0.122. The first kappa shape index (κ1) is 22.0. The molecule has 1 saturated heterocycles. The molecule has 1 aliphatic rings. The van der Waals surface area contributed by atoms with Gasteiger partial charge in [-0.25, -0.2) is 4.79 Å². The number of amides is 3. The quantitative estimate of drug-likeness (QED) is 0.484. The van der Waals surface area contributed by atoms with Crippen molar-refractivity contribution >= 4 is 46.7 Å². The van der Waals surface area contributed by atoms with Crippen LogP contribution in [0.4, 0.5) is 11.4 Å². The largest absolute Gasteiger partial charge is 0.452 e. The van der Waals surface area contributed by atoms with Gasteiger partial charge in [-0.3, -0.25) is 19.3 Å². The number of anilines is 2. The number of hydrogen-bond donors (Lipinski definition) is 0. The average molecular weight is 440 g/mol. The summed E-state index contributed by atoms with van der Waals surface area (Å²) in [6, 6.07) is 14.4. The standard InChI is InChI=1S/C22H18ClN3O5/c23-16-5-2-6-17(13-16)25(11-3-10-24)21(29)14-31-22(30)15-4-1-7-18(12-15)26-19(27)8-9-20(26)28/h1-2,4-7,12-13H,3,8-9,11,14H2. The lowest BCUT2D eigenvalue weighted by atomic mass is 10.2. The molecule has 8 nitrogen and oxygen atoms in total. The highest BCUT2D eigenvalue weighted by atomic mass is 35.5. The molecule has 0 unspecified atom stereocenters. The third kappa shape index (κ3) is 5.27. The minimum absolute atomic E-state index is 0.0894. The smallest absolute Gasteiger partial charge is 0.338 e. The third-order valence-corrected chi connectivity index (χ3v) is 4.82. The van der Waals surface area contributed by atoms with E-state index in [4.69, 9.17) is 21.6 Å². The Balaban J connectivity index is 1.69. The number of esters is 1. The van der Waals surface area contributed by atoms with Gasteiger partial charge in [0.05, 0.1) is 23.7 Å². The molecule has 1 fully saturated rings. The summed E-state index contributed by atoms with van der Waals surface area (Å²) in [5, 5.41) is 9.29. The number of nitrogens with zero attached hydrogens (tertiary/aromatic N) is 3. The van der Waals surface area contributed by atoms with E-state index in [0.717, 1.165) is 4.90 Å². The minimum Gasteiger partial charge on any atom is -0.452 e. The highest BCUT2D eigenvalue weighted by Crippen LogP contribution is 2.24. The molecule has 158 valence electrons. The zero-order valence-corrected chi connectivity index (χ0v) is 17.2. The first-order chi connectivity index (χ1) is 14.9. The van der Waals surface area contributed by atoms with Crippen molar-refractivity contribution in [3.05, 3.63) is 59.1 Å². The second-order valence-electron chi connectivity index (χ2n) is 6.68. The SMILES string of the molecule is N#CCCN(C(=O)COC(=O)c1cccc(N2C(=O)CCC2=O)c1)c1cccc(Cl)c1. The zero-order chi connectivity index (χ0) is 22.4. The van der Waals surface area contributed by atoms with Crippen LogP contribution in [-0.4, -0.2) is 36.8 Å². The van der Waals surface area contributed by atoms with Crippen LogP contribution < -0.4 is 9.80 Å². The fourth-order valence-electron chi connectivity index (χ4n) is 3.13. The number of ether oxygens (including phenoxy) is 1. The first-order valence-electron chi connectivity index (χ1n) is 9.46.